The molecule has 0 N–H and O–H groups in total. The summed E-state index contributed by atoms with van der Waals surface area (Å²) >= 11 is 0. The van der Waals surface area contributed by atoms with Gasteiger partial charge in [-0.25, -0.2) is 4.98 Å². The third-order valence-electron chi connectivity index (χ3n) is 5.07. The minimum atomic E-state index is 0.0504. The normalized spacial score (nSPS) is 18.1. The van der Waals surface area contributed by atoms with E-state index in [1.807, 2.05) is 23.2 Å². The molecule has 0 atom stereocenters. The van der Waals surface area contributed by atoms with Crippen LogP contribution < -0.4 is 9.80 Å². The first kappa shape index (κ1) is 16.8. The molecule has 4 rings (SSSR count). The zero-order chi connectivity index (χ0) is 17.8. The average Bonchev–Trinajstić information content (AvgIpc) is 2.75. The molecule has 7 nitrogen and oxygen atoms in total. The number of piperazine rings is 1. The van der Waals surface area contributed by atoms with E-state index >= 15 is 0 Å². The molecule has 0 aliphatic carbocycles. The van der Waals surface area contributed by atoms with E-state index in [0.717, 1.165) is 37.9 Å². The maximum atomic E-state index is 12.5. The Labute approximate surface area is 153 Å². The summed E-state index contributed by atoms with van der Waals surface area (Å²) in [5, 5.41) is 0. The Bertz CT molecular complexity index is 739. The van der Waals surface area contributed by atoms with Gasteiger partial charge in [0, 0.05) is 57.9 Å². The van der Waals surface area contributed by atoms with Crippen LogP contribution in [-0.2, 0) is 0 Å². The lowest BCUT2D eigenvalue weighted by Gasteiger charge is -2.36. The van der Waals surface area contributed by atoms with E-state index in [0.29, 0.717) is 18.7 Å². The fraction of sp³-hybridized carbons (Fsp3) is 0.474. The van der Waals surface area contributed by atoms with Crippen molar-refractivity contribution in [2.75, 3.05) is 49.1 Å². The van der Waals surface area contributed by atoms with Gasteiger partial charge in [0.2, 0.25) is 5.95 Å². The van der Waals surface area contributed by atoms with Crippen molar-refractivity contribution < 1.29 is 4.79 Å². The molecule has 2 aliphatic heterocycles. The van der Waals surface area contributed by atoms with Crippen molar-refractivity contribution in [3.05, 3.63) is 42.4 Å². The Morgan fingerprint density at radius 3 is 2.42 bits per heavy atom. The minimum Gasteiger partial charge on any atom is -0.353 e. The highest BCUT2D eigenvalue weighted by atomic mass is 16.2. The molecule has 1 amide bonds. The maximum Gasteiger partial charge on any atom is 0.255 e. The summed E-state index contributed by atoms with van der Waals surface area (Å²) in [6.07, 6.45) is 8.88. The molecule has 2 aliphatic rings. The maximum absolute atomic E-state index is 12.5. The predicted octanol–water partition coefficient (Wildman–Crippen LogP) is 1.82. The van der Waals surface area contributed by atoms with Gasteiger partial charge < -0.3 is 14.7 Å². The number of nitrogens with zero attached hydrogens (tertiary/aromatic N) is 6. The van der Waals surface area contributed by atoms with E-state index in [1.54, 1.807) is 18.5 Å². The summed E-state index contributed by atoms with van der Waals surface area (Å²) in [6.45, 7) is 5.02. The number of carbonyl (C=O) groups excluding carboxylic acids is 1. The van der Waals surface area contributed by atoms with Gasteiger partial charge >= 0.3 is 0 Å². The lowest BCUT2D eigenvalue weighted by atomic mass is 10.1. The van der Waals surface area contributed by atoms with Gasteiger partial charge in [0.25, 0.3) is 5.91 Å². The van der Waals surface area contributed by atoms with E-state index in [4.69, 9.17) is 4.98 Å². The van der Waals surface area contributed by atoms with Gasteiger partial charge in [-0.15, -0.1) is 0 Å². The van der Waals surface area contributed by atoms with Crippen molar-refractivity contribution in [1.29, 1.82) is 0 Å². The second kappa shape index (κ2) is 7.68. The number of amides is 1. The van der Waals surface area contributed by atoms with Gasteiger partial charge in [0.1, 0.15) is 5.82 Å². The summed E-state index contributed by atoms with van der Waals surface area (Å²) < 4.78 is 0. The van der Waals surface area contributed by atoms with Crippen LogP contribution in [0, 0.1) is 0 Å². The van der Waals surface area contributed by atoms with Crippen molar-refractivity contribution >= 4 is 17.7 Å². The fourth-order valence-corrected chi connectivity index (χ4v) is 3.57. The smallest absolute Gasteiger partial charge is 0.255 e. The van der Waals surface area contributed by atoms with Crippen LogP contribution >= 0.6 is 0 Å². The molecular formula is C19H24N6O. The first-order valence-corrected chi connectivity index (χ1v) is 9.33. The zero-order valence-electron chi connectivity index (χ0n) is 14.9. The number of hydrogen-bond acceptors (Lipinski definition) is 6. The van der Waals surface area contributed by atoms with Crippen molar-refractivity contribution in [2.45, 2.75) is 19.3 Å². The Kier molecular flexibility index (Phi) is 4.95. The summed E-state index contributed by atoms with van der Waals surface area (Å²) in [5.74, 6) is 1.83. The van der Waals surface area contributed by atoms with Crippen molar-refractivity contribution in [3.8, 4) is 0 Å². The predicted molar refractivity (Wildman–Crippen MR) is 100 cm³/mol. The molecule has 0 saturated carbocycles. The third-order valence-corrected chi connectivity index (χ3v) is 5.07. The largest absolute Gasteiger partial charge is 0.353 e. The van der Waals surface area contributed by atoms with Crippen molar-refractivity contribution in [2.24, 2.45) is 0 Å². The van der Waals surface area contributed by atoms with E-state index < -0.39 is 0 Å². The highest BCUT2D eigenvalue weighted by Gasteiger charge is 2.23. The van der Waals surface area contributed by atoms with Crippen LogP contribution in [0.3, 0.4) is 0 Å². The molecule has 7 heteroatoms. The van der Waals surface area contributed by atoms with Crippen LogP contribution in [-0.4, -0.2) is 65.0 Å². The Hall–Kier alpha value is -2.70. The van der Waals surface area contributed by atoms with Gasteiger partial charge in [-0.1, -0.05) is 0 Å². The Morgan fingerprint density at radius 2 is 1.69 bits per heavy atom. The van der Waals surface area contributed by atoms with Crippen LogP contribution in [0.4, 0.5) is 11.8 Å². The van der Waals surface area contributed by atoms with Crippen LogP contribution in [0.25, 0.3) is 0 Å². The first-order valence-electron chi connectivity index (χ1n) is 9.33. The van der Waals surface area contributed by atoms with Gasteiger partial charge in [-0.3, -0.25) is 9.78 Å². The van der Waals surface area contributed by atoms with E-state index in [1.165, 1.54) is 19.3 Å². The minimum absolute atomic E-state index is 0.0504. The van der Waals surface area contributed by atoms with Gasteiger partial charge in [-0.2, -0.15) is 4.98 Å². The Morgan fingerprint density at radius 1 is 0.885 bits per heavy atom. The Balaban J connectivity index is 1.39. The number of aromatic nitrogens is 3. The molecule has 136 valence electrons. The van der Waals surface area contributed by atoms with Crippen molar-refractivity contribution in [1.82, 2.24) is 19.9 Å². The summed E-state index contributed by atoms with van der Waals surface area (Å²) in [7, 11) is 0. The molecule has 2 saturated heterocycles. The lowest BCUT2D eigenvalue weighted by molar-refractivity contribution is 0.0746. The molecule has 26 heavy (non-hydrogen) atoms. The highest BCUT2D eigenvalue weighted by Crippen LogP contribution is 2.20. The van der Waals surface area contributed by atoms with E-state index in [-0.39, 0.29) is 5.91 Å². The average molecular weight is 352 g/mol. The van der Waals surface area contributed by atoms with Gasteiger partial charge in [-0.05, 0) is 37.5 Å². The molecule has 0 aromatic carbocycles. The molecule has 0 unspecified atom stereocenters. The second-order valence-electron chi connectivity index (χ2n) is 6.78. The second-order valence-corrected chi connectivity index (χ2v) is 6.78. The van der Waals surface area contributed by atoms with Crippen LogP contribution in [0.15, 0.2) is 36.8 Å². The van der Waals surface area contributed by atoms with Gasteiger partial charge in [0.05, 0.1) is 5.56 Å². The summed E-state index contributed by atoms with van der Waals surface area (Å²) in [4.78, 5) is 32.2. The number of hydrogen-bond donors (Lipinski definition) is 0. The number of carbonyl (C=O) groups is 1. The number of anilines is 2. The molecule has 2 aromatic heterocycles. The summed E-state index contributed by atoms with van der Waals surface area (Å²) in [6, 6.07) is 5.58. The molecule has 0 bridgehead atoms. The number of piperidine rings is 1. The lowest BCUT2D eigenvalue weighted by Crippen LogP contribution is -2.49. The topological polar surface area (TPSA) is 65.5 Å². The fourth-order valence-electron chi connectivity index (χ4n) is 3.57. The highest BCUT2D eigenvalue weighted by molar-refractivity contribution is 5.94. The van der Waals surface area contributed by atoms with Crippen molar-refractivity contribution in [3.63, 3.8) is 0 Å². The van der Waals surface area contributed by atoms with Crippen LogP contribution in [0.5, 0.6) is 0 Å². The molecule has 2 aromatic rings. The van der Waals surface area contributed by atoms with Gasteiger partial charge in [0.15, 0.2) is 0 Å². The summed E-state index contributed by atoms with van der Waals surface area (Å²) in [5.41, 5.74) is 0.648. The molecular weight excluding hydrogens is 328 g/mol. The quantitative estimate of drug-likeness (QED) is 0.840. The zero-order valence-corrected chi connectivity index (χ0v) is 14.9. The van der Waals surface area contributed by atoms with E-state index in [9.17, 15) is 4.79 Å². The first-order chi connectivity index (χ1) is 12.8. The standard InChI is InChI=1S/C19H24N6O/c26-18(16-5-4-7-20-15-16)24-13-11-23(12-14-24)17-6-8-21-19(22-17)25-9-2-1-3-10-25/h4-8,15H,1-3,9-14H2. The monoisotopic (exact) mass is 352 g/mol. The third kappa shape index (κ3) is 3.61. The molecule has 4 heterocycles. The van der Waals surface area contributed by atoms with Crippen LogP contribution in [0.2, 0.25) is 0 Å². The molecule has 0 spiro atoms. The SMILES string of the molecule is O=C(c1cccnc1)N1CCN(c2ccnc(N3CCCCC3)n2)CC1. The molecule has 2 fully saturated rings. The van der Waals surface area contributed by atoms with E-state index in [2.05, 4.69) is 19.8 Å². The van der Waals surface area contributed by atoms with Crippen LogP contribution in [0.1, 0.15) is 29.6 Å². The number of rotatable bonds is 3. The molecule has 0 radical (unpaired) electrons. The number of pyridine rings is 1.